The van der Waals surface area contributed by atoms with Crippen molar-refractivity contribution in [2.24, 2.45) is 11.7 Å². The highest BCUT2D eigenvalue weighted by molar-refractivity contribution is 5.85. The molecule has 114 valence electrons. The Morgan fingerprint density at radius 2 is 1.90 bits per heavy atom. The zero-order valence-corrected chi connectivity index (χ0v) is 13.2. The zero-order valence-electron chi connectivity index (χ0n) is 12.4. The van der Waals surface area contributed by atoms with Crippen molar-refractivity contribution in [3.8, 4) is 0 Å². The van der Waals surface area contributed by atoms with E-state index in [9.17, 15) is 9.90 Å². The maximum Gasteiger partial charge on any atom is 0.226 e. The van der Waals surface area contributed by atoms with Crippen molar-refractivity contribution in [3.63, 3.8) is 0 Å². The van der Waals surface area contributed by atoms with Crippen LogP contribution in [0.2, 0.25) is 0 Å². The molecule has 2 unspecified atom stereocenters. The van der Waals surface area contributed by atoms with Gasteiger partial charge in [0, 0.05) is 19.0 Å². The quantitative estimate of drug-likeness (QED) is 0.843. The molecule has 0 spiro atoms. The summed E-state index contributed by atoms with van der Waals surface area (Å²) >= 11 is 0. The van der Waals surface area contributed by atoms with Crippen LogP contribution in [0.25, 0.3) is 0 Å². The molecule has 0 bridgehead atoms. The predicted octanol–water partition coefficient (Wildman–Crippen LogP) is 1.89. The number of amides is 1. The molecule has 2 atom stereocenters. The number of carbonyl (C=O) groups is 1. The van der Waals surface area contributed by atoms with Gasteiger partial charge >= 0.3 is 0 Å². The highest BCUT2D eigenvalue weighted by Gasteiger charge is 2.21. The number of likely N-dealkylation sites (N-methyl/N-ethyl adjacent to an activating group) is 1. The van der Waals surface area contributed by atoms with Crippen molar-refractivity contribution in [2.45, 2.75) is 26.9 Å². The first-order valence-electron chi connectivity index (χ1n) is 6.73. The van der Waals surface area contributed by atoms with Gasteiger partial charge in [-0.1, -0.05) is 36.8 Å². The summed E-state index contributed by atoms with van der Waals surface area (Å²) in [4.78, 5) is 13.7. The first-order valence-corrected chi connectivity index (χ1v) is 6.73. The molecule has 0 aromatic heterocycles. The average Bonchev–Trinajstić information content (AvgIpc) is 2.43. The van der Waals surface area contributed by atoms with Crippen molar-refractivity contribution in [1.29, 1.82) is 0 Å². The number of carbonyl (C=O) groups excluding carboxylic acids is 1. The predicted molar refractivity (Wildman–Crippen MR) is 83.9 cm³/mol. The van der Waals surface area contributed by atoms with E-state index in [0.717, 1.165) is 11.1 Å². The summed E-state index contributed by atoms with van der Waals surface area (Å²) in [6.45, 7) is 6.93. The van der Waals surface area contributed by atoms with Crippen molar-refractivity contribution in [3.05, 3.63) is 35.4 Å². The molecule has 4 nitrogen and oxygen atoms in total. The van der Waals surface area contributed by atoms with Crippen molar-refractivity contribution >= 4 is 18.3 Å². The van der Waals surface area contributed by atoms with E-state index in [4.69, 9.17) is 5.73 Å². The third-order valence-electron chi connectivity index (χ3n) is 3.32. The van der Waals surface area contributed by atoms with E-state index in [0.29, 0.717) is 19.6 Å². The first-order chi connectivity index (χ1) is 8.99. The molecule has 0 fully saturated rings. The van der Waals surface area contributed by atoms with Crippen LogP contribution in [-0.4, -0.2) is 35.5 Å². The van der Waals surface area contributed by atoms with E-state index in [1.807, 2.05) is 45.0 Å². The monoisotopic (exact) mass is 300 g/mol. The number of halogens is 1. The molecule has 3 N–H and O–H groups in total. The number of aliphatic hydroxyl groups is 1. The van der Waals surface area contributed by atoms with Gasteiger partial charge in [-0.3, -0.25) is 4.79 Å². The van der Waals surface area contributed by atoms with Gasteiger partial charge < -0.3 is 15.7 Å². The molecule has 20 heavy (non-hydrogen) atoms. The number of benzene rings is 1. The first kappa shape index (κ1) is 18.9. The Morgan fingerprint density at radius 3 is 2.35 bits per heavy atom. The molecule has 0 aliphatic heterocycles. The fraction of sp³-hybridized carbons (Fsp3) is 0.533. The molecule has 1 aromatic carbocycles. The lowest BCUT2D eigenvalue weighted by Gasteiger charge is -2.26. The van der Waals surface area contributed by atoms with Crippen LogP contribution in [0.5, 0.6) is 0 Å². The summed E-state index contributed by atoms with van der Waals surface area (Å²) in [6.07, 6.45) is -0.658. The summed E-state index contributed by atoms with van der Waals surface area (Å²) in [5, 5.41) is 10.2. The summed E-state index contributed by atoms with van der Waals surface area (Å²) in [5.74, 6) is -0.207. The van der Waals surface area contributed by atoms with Crippen LogP contribution >= 0.6 is 12.4 Å². The normalized spacial score (nSPS) is 13.2. The van der Waals surface area contributed by atoms with Crippen LogP contribution in [0.1, 0.15) is 31.1 Å². The highest BCUT2D eigenvalue weighted by Crippen LogP contribution is 2.16. The lowest BCUT2D eigenvalue weighted by molar-refractivity contribution is -0.135. The molecule has 0 aliphatic rings. The number of nitrogens with zero attached hydrogens (tertiary/aromatic N) is 1. The maximum absolute atomic E-state index is 12.1. The molecule has 0 heterocycles. The van der Waals surface area contributed by atoms with Gasteiger partial charge in [-0.05, 0) is 19.4 Å². The summed E-state index contributed by atoms with van der Waals surface area (Å²) in [6, 6.07) is 7.70. The molecule has 1 aromatic rings. The number of nitrogens with two attached hydrogens (primary N) is 1. The molecule has 5 heteroatoms. The Kier molecular flexibility index (Phi) is 8.46. The second-order valence-electron chi connectivity index (χ2n) is 4.94. The van der Waals surface area contributed by atoms with Crippen LogP contribution in [0.4, 0.5) is 0 Å². The number of rotatable bonds is 6. The van der Waals surface area contributed by atoms with Crippen molar-refractivity contribution in [2.75, 3.05) is 19.6 Å². The number of hydrogen-bond donors (Lipinski definition) is 2. The zero-order chi connectivity index (χ0) is 14.4. The molecule has 0 aliphatic carbocycles. The van der Waals surface area contributed by atoms with E-state index in [1.165, 1.54) is 0 Å². The average molecular weight is 301 g/mol. The number of aryl methyl sites for hydroxylation is 1. The largest absolute Gasteiger partial charge is 0.387 e. The number of aliphatic hydroxyl groups excluding tert-OH is 1. The van der Waals surface area contributed by atoms with Crippen LogP contribution in [-0.2, 0) is 4.79 Å². The van der Waals surface area contributed by atoms with Gasteiger partial charge in [0.15, 0.2) is 0 Å². The van der Waals surface area contributed by atoms with Gasteiger partial charge in [0.25, 0.3) is 0 Å². The summed E-state index contributed by atoms with van der Waals surface area (Å²) < 4.78 is 0. The van der Waals surface area contributed by atoms with Crippen molar-refractivity contribution in [1.82, 2.24) is 4.90 Å². The fourth-order valence-corrected chi connectivity index (χ4v) is 1.89. The Balaban J connectivity index is 0.00000361. The molecule has 0 saturated carbocycles. The minimum Gasteiger partial charge on any atom is -0.387 e. The van der Waals surface area contributed by atoms with E-state index in [-0.39, 0.29) is 24.2 Å². The van der Waals surface area contributed by atoms with E-state index in [2.05, 4.69) is 0 Å². The summed E-state index contributed by atoms with van der Waals surface area (Å²) in [5.41, 5.74) is 7.49. The SMILES string of the molecule is CCN(CC(O)c1ccc(C)cc1)C(=O)C(C)CN.Cl. The molecule has 0 saturated heterocycles. The fourth-order valence-electron chi connectivity index (χ4n) is 1.89. The third-order valence-corrected chi connectivity index (χ3v) is 3.32. The lowest BCUT2D eigenvalue weighted by atomic mass is 10.1. The molecule has 1 rings (SSSR count). The standard InChI is InChI=1S/C15H24N2O2.ClH/c1-4-17(15(19)12(3)9-16)10-14(18)13-7-5-11(2)6-8-13;/h5-8,12,14,18H,4,9-10,16H2,1-3H3;1H. The highest BCUT2D eigenvalue weighted by atomic mass is 35.5. The topological polar surface area (TPSA) is 66.6 Å². The van der Waals surface area contributed by atoms with Gasteiger partial charge in [0.1, 0.15) is 0 Å². The lowest BCUT2D eigenvalue weighted by Crippen LogP contribution is -2.40. The van der Waals surface area contributed by atoms with Gasteiger partial charge in [-0.15, -0.1) is 12.4 Å². The Morgan fingerprint density at radius 1 is 1.35 bits per heavy atom. The van der Waals surface area contributed by atoms with Crippen LogP contribution in [0.15, 0.2) is 24.3 Å². The Bertz CT molecular complexity index is 409. The van der Waals surface area contributed by atoms with Gasteiger partial charge in [0.2, 0.25) is 5.91 Å². The molecule has 0 radical (unpaired) electrons. The van der Waals surface area contributed by atoms with Crippen LogP contribution in [0.3, 0.4) is 0 Å². The van der Waals surface area contributed by atoms with Gasteiger partial charge in [-0.2, -0.15) is 0 Å². The minimum atomic E-state index is -0.658. The number of hydrogen-bond acceptors (Lipinski definition) is 3. The van der Waals surface area contributed by atoms with E-state index >= 15 is 0 Å². The second-order valence-corrected chi connectivity index (χ2v) is 4.94. The molecular weight excluding hydrogens is 276 g/mol. The van der Waals surface area contributed by atoms with Crippen molar-refractivity contribution < 1.29 is 9.90 Å². The smallest absolute Gasteiger partial charge is 0.226 e. The van der Waals surface area contributed by atoms with E-state index < -0.39 is 6.10 Å². The Hall–Kier alpha value is -1.10. The maximum atomic E-state index is 12.1. The van der Waals surface area contributed by atoms with Crippen LogP contribution in [0, 0.1) is 12.8 Å². The molecular formula is C15H25ClN2O2. The van der Waals surface area contributed by atoms with Gasteiger partial charge in [-0.25, -0.2) is 0 Å². The third kappa shape index (κ3) is 5.12. The van der Waals surface area contributed by atoms with Gasteiger partial charge in [0.05, 0.1) is 12.6 Å². The van der Waals surface area contributed by atoms with Crippen LogP contribution < -0.4 is 5.73 Å². The molecule has 1 amide bonds. The summed E-state index contributed by atoms with van der Waals surface area (Å²) in [7, 11) is 0. The minimum absolute atomic E-state index is 0. The Labute approximate surface area is 127 Å². The second kappa shape index (κ2) is 8.95. The van der Waals surface area contributed by atoms with E-state index in [1.54, 1.807) is 4.90 Å².